The summed E-state index contributed by atoms with van der Waals surface area (Å²) in [5, 5.41) is 5.15. The number of carbonyl (C=O) groups is 4. The lowest BCUT2D eigenvalue weighted by Gasteiger charge is -2.14. The van der Waals surface area contributed by atoms with E-state index in [1.54, 1.807) is 0 Å². The maximum Gasteiger partial charge on any atom is 0.325 e. The van der Waals surface area contributed by atoms with E-state index in [1.165, 1.54) is 24.3 Å². The molecule has 1 heterocycles. The number of primary amides is 1. The fourth-order valence-corrected chi connectivity index (χ4v) is 2.42. The second-order valence-corrected chi connectivity index (χ2v) is 6.05. The van der Waals surface area contributed by atoms with Crippen LogP contribution in [0, 0.1) is 5.92 Å². The number of imide groups is 1. The molecule has 0 aliphatic carbocycles. The van der Waals surface area contributed by atoms with Crippen LogP contribution in [0.15, 0.2) is 24.3 Å². The van der Waals surface area contributed by atoms with E-state index in [-0.39, 0.29) is 12.5 Å². The minimum absolute atomic E-state index is 0.247. The first kappa shape index (κ1) is 17.5. The molecule has 0 spiro atoms. The maximum atomic E-state index is 12.2. The number of urea groups is 1. The number of nitrogens with zero attached hydrogens (tertiary/aromatic N) is 1. The van der Waals surface area contributed by atoms with Crippen molar-refractivity contribution < 1.29 is 19.2 Å². The number of hydrogen-bond acceptors (Lipinski definition) is 4. The van der Waals surface area contributed by atoms with Crippen LogP contribution in [0.2, 0.25) is 0 Å². The summed E-state index contributed by atoms with van der Waals surface area (Å²) in [6.07, 6.45) is 0.525. The van der Waals surface area contributed by atoms with Gasteiger partial charge in [-0.15, -0.1) is 0 Å². The number of nitrogens with two attached hydrogens (primary N) is 1. The van der Waals surface area contributed by atoms with E-state index in [4.69, 9.17) is 5.73 Å². The van der Waals surface area contributed by atoms with Gasteiger partial charge in [-0.3, -0.25) is 19.3 Å². The Bertz CT molecular complexity index is 669. The van der Waals surface area contributed by atoms with Gasteiger partial charge in [-0.1, -0.05) is 13.8 Å². The molecule has 0 saturated carbocycles. The standard InChI is InChI=1S/C16H20N4O4/c1-9(2)7-12-15(23)20(16(24)19-12)8-13(21)18-11-5-3-10(4-6-11)14(17)22/h3-6,9,12H,7-8H2,1-2H3,(H2,17,22)(H,18,21)(H,19,24)/t12-/m0/s1. The topological polar surface area (TPSA) is 122 Å². The quantitative estimate of drug-likeness (QED) is 0.663. The summed E-state index contributed by atoms with van der Waals surface area (Å²) in [6, 6.07) is 4.84. The largest absolute Gasteiger partial charge is 0.366 e. The molecule has 0 radical (unpaired) electrons. The number of anilines is 1. The molecule has 1 aliphatic rings. The zero-order valence-corrected chi connectivity index (χ0v) is 13.5. The Labute approximate surface area is 139 Å². The third kappa shape index (κ3) is 4.09. The lowest BCUT2D eigenvalue weighted by atomic mass is 10.0. The summed E-state index contributed by atoms with van der Waals surface area (Å²) in [6.45, 7) is 3.53. The van der Waals surface area contributed by atoms with Crippen molar-refractivity contribution in [3.8, 4) is 0 Å². The zero-order chi connectivity index (χ0) is 17.9. The Morgan fingerprint density at radius 1 is 1.25 bits per heavy atom. The Morgan fingerprint density at radius 2 is 1.88 bits per heavy atom. The second-order valence-electron chi connectivity index (χ2n) is 6.05. The minimum Gasteiger partial charge on any atom is -0.366 e. The van der Waals surface area contributed by atoms with Gasteiger partial charge >= 0.3 is 6.03 Å². The van der Waals surface area contributed by atoms with Crippen LogP contribution in [0.1, 0.15) is 30.6 Å². The molecule has 5 amide bonds. The van der Waals surface area contributed by atoms with Gasteiger partial charge in [0.15, 0.2) is 0 Å². The predicted octanol–water partition coefficient (Wildman–Crippen LogP) is 0.691. The third-order valence-electron chi connectivity index (χ3n) is 3.57. The van der Waals surface area contributed by atoms with Crippen molar-refractivity contribution in [1.82, 2.24) is 10.2 Å². The Hall–Kier alpha value is -2.90. The number of rotatable bonds is 6. The van der Waals surface area contributed by atoms with Crippen molar-refractivity contribution in [1.29, 1.82) is 0 Å². The number of nitrogens with one attached hydrogen (secondary N) is 2. The van der Waals surface area contributed by atoms with Gasteiger partial charge in [0.1, 0.15) is 12.6 Å². The van der Waals surface area contributed by atoms with Gasteiger partial charge in [-0.2, -0.15) is 0 Å². The van der Waals surface area contributed by atoms with E-state index in [1.807, 2.05) is 13.8 Å². The normalized spacial score (nSPS) is 17.1. The molecular weight excluding hydrogens is 312 g/mol. The van der Waals surface area contributed by atoms with E-state index >= 15 is 0 Å². The van der Waals surface area contributed by atoms with Gasteiger partial charge in [-0.25, -0.2) is 4.79 Å². The van der Waals surface area contributed by atoms with Crippen molar-refractivity contribution in [3.63, 3.8) is 0 Å². The summed E-state index contributed by atoms with van der Waals surface area (Å²) < 4.78 is 0. The van der Waals surface area contributed by atoms with Crippen LogP contribution >= 0.6 is 0 Å². The van der Waals surface area contributed by atoms with Gasteiger partial charge in [0.2, 0.25) is 11.8 Å². The van der Waals surface area contributed by atoms with Crippen LogP contribution in [0.4, 0.5) is 10.5 Å². The third-order valence-corrected chi connectivity index (χ3v) is 3.57. The first-order valence-electron chi connectivity index (χ1n) is 7.59. The number of benzene rings is 1. The number of carbonyl (C=O) groups excluding carboxylic acids is 4. The van der Waals surface area contributed by atoms with Crippen LogP contribution in [0.25, 0.3) is 0 Å². The highest BCUT2D eigenvalue weighted by Crippen LogP contribution is 2.15. The first-order chi connectivity index (χ1) is 11.3. The van der Waals surface area contributed by atoms with Gasteiger partial charge < -0.3 is 16.4 Å². The molecule has 0 bridgehead atoms. The van der Waals surface area contributed by atoms with Gasteiger partial charge in [0.25, 0.3) is 5.91 Å². The van der Waals surface area contributed by atoms with Crippen molar-refractivity contribution in [2.75, 3.05) is 11.9 Å². The van der Waals surface area contributed by atoms with E-state index in [2.05, 4.69) is 10.6 Å². The van der Waals surface area contributed by atoms with Crippen LogP contribution < -0.4 is 16.4 Å². The van der Waals surface area contributed by atoms with Gasteiger partial charge in [0.05, 0.1) is 0 Å². The zero-order valence-electron chi connectivity index (χ0n) is 13.5. The highest BCUT2D eigenvalue weighted by molar-refractivity contribution is 6.08. The van der Waals surface area contributed by atoms with Crippen molar-refractivity contribution in [2.24, 2.45) is 11.7 Å². The summed E-state index contributed by atoms with van der Waals surface area (Å²) in [7, 11) is 0. The molecule has 1 fully saturated rings. The van der Waals surface area contributed by atoms with Gasteiger partial charge in [0, 0.05) is 11.3 Å². The smallest absolute Gasteiger partial charge is 0.325 e. The highest BCUT2D eigenvalue weighted by atomic mass is 16.2. The maximum absolute atomic E-state index is 12.2. The summed E-state index contributed by atoms with van der Waals surface area (Å²) in [5.74, 6) is -1.22. The molecule has 8 nitrogen and oxygen atoms in total. The molecule has 8 heteroatoms. The first-order valence-corrected chi connectivity index (χ1v) is 7.59. The van der Waals surface area contributed by atoms with Crippen molar-refractivity contribution >= 4 is 29.4 Å². The van der Waals surface area contributed by atoms with E-state index in [0.717, 1.165) is 4.90 Å². The van der Waals surface area contributed by atoms with Gasteiger partial charge in [-0.05, 0) is 36.6 Å². The van der Waals surface area contributed by atoms with E-state index < -0.39 is 29.8 Å². The molecular formula is C16H20N4O4. The molecule has 1 aromatic rings. The second kappa shape index (κ2) is 7.12. The van der Waals surface area contributed by atoms with Crippen molar-refractivity contribution in [3.05, 3.63) is 29.8 Å². The Morgan fingerprint density at radius 3 is 2.42 bits per heavy atom. The number of hydrogen-bond donors (Lipinski definition) is 3. The lowest BCUT2D eigenvalue weighted by molar-refractivity contribution is -0.131. The molecule has 4 N–H and O–H groups in total. The van der Waals surface area contributed by atoms with Crippen LogP contribution in [-0.2, 0) is 9.59 Å². The van der Waals surface area contributed by atoms with Crippen LogP contribution in [0.5, 0.6) is 0 Å². The molecule has 0 aromatic heterocycles. The fourth-order valence-electron chi connectivity index (χ4n) is 2.42. The van der Waals surface area contributed by atoms with Crippen LogP contribution in [-0.4, -0.2) is 41.2 Å². The van der Waals surface area contributed by atoms with E-state index in [0.29, 0.717) is 17.7 Å². The highest BCUT2D eigenvalue weighted by Gasteiger charge is 2.38. The van der Waals surface area contributed by atoms with E-state index in [9.17, 15) is 19.2 Å². The fraction of sp³-hybridized carbons (Fsp3) is 0.375. The number of amides is 5. The Balaban J connectivity index is 1.95. The SMILES string of the molecule is CC(C)C[C@@H]1NC(=O)N(CC(=O)Nc2ccc(C(N)=O)cc2)C1=O. The predicted molar refractivity (Wildman–Crippen MR) is 87.1 cm³/mol. The monoisotopic (exact) mass is 332 g/mol. The Kier molecular flexibility index (Phi) is 5.18. The van der Waals surface area contributed by atoms with Crippen LogP contribution in [0.3, 0.4) is 0 Å². The molecule has 24 heavy (non-hydrogen) atoms. The lowest BCUT2D eigenvalue weighted by Crippen LogP contribution is -2.38. The molecule has 2 rings (SSSR count). The molecule has 1 aliphatic heterocycles. The van der Waals surface area contributed by atoms with Crippen molar-refractivity contribution in [2.45, 2.75) is 26.3 Å². The summed E-state index contributed by atoms with van der Waals surface area (Å²) in [4.78, 5) is 47.9. The molecule has 128 valence electrons. The minimum atomic E-state index is -0.583. The molecule has 1 aromatic carbocycles. The summed E-state index contributed by atoms with van der Waals surface area (Å²) in [5.41, 5.74) is 5.90. The average molecular weight is 332 g/mol. The summed E-state index contributed by atoms with van der Waals surface area (Å²) >= 11 is 0. The molecule has 1 atom stereocenters. The molecule has 0 unspecified atom stereocenters. The molecule has 1 saturated heterocycles. The average Bonchev–Trinajstić information content (AvgIpc) is 2.74.